The molecule has 0 aliphatic heterocycles. The van der Waals surface area contributed by atoms with Crippen LogP contribution in [-0.4, -0.2) is 18.0 Å². The summed E-state index contributed by atoms with van der Waals surface area (Å²) in [5.74, 6) is 0.276. The number of nitro groups is 1. The molecule has 0 spiro atoms. The molecule has 0 bridgehead atoms. The van der Waals surface area contributed by atoms with Gasteiger partial charge in [0.15, 0.2) is 0 Å². The van der Waals surface area contributed by atoms with Crippen molar-refractivity contribution >= 4 is 17.3 Å². The number of halogens is 1. The molecule has 5 heteroatoms. The number of nitrogens with zero attached hydrogens (tertiary/aromatic N) is 1. The van der Waals surface area contributed by atoms with Crippen molar-refractivity contribution < 1.29 is 4.92 Å². The Morgan fingerprint density at radius 3 is 2.65 bits per heavy atom. The third-order valence-corrected chi connectivity index (χ3v) is 3.48. The molecule has 0 aliphatic rings. The van der Waals surface area contributed by atoms with Crippen LogP contribution in [0.25, 0.3) is 0 Å². The van der Waals surface area contributed by atoms with Crippen molar-refractivity contribution in [1.82, 2.24) is 5.32 Å². The number of nitrogens with one attached hydrogen (secondary N) is 1. The topological polar surface area (TPSA) is 55.2 Å². The summed E-state index contributed by atoms with van der Waals surface area (Å²) in [6.07, 6.45) is 0.595. The quantitative estimate of drug-likeness (QED) is 0.651. The monoisotopic (exact) mass is 256 g/mol. The van der Waals surface area contributed by atoms with Gasteiger partial charge in [-0.3, -0.25) is 10.1 Å². The second kappa shape index (κ2) is 5.98. The van der Waals surface area contributed by atoms with Crippen LogP contribution in [0.2, 0.25) is 5.02 Å². The molecule has 0 saturated carbocycles. The lowest BCUT2D eigenvalue weighted by Gasteiger charge is -2.19. The maximum atomic E-state index is 10.9. The second-order valence-electron chi connectivity index (χ2n) is 4.25. The number of benzene rings is 1. The van der Waals surface area contributed by atoms with Gasteiger partial charge in [-0.2, -0.15) is 0 Å². The van der Waals surface area contributed by atoms with Gasteiger partial charge in [-0.15, -0.1) is 0 Å². The minimum atomic E-state index is -0.377. The highest BCUT2D eigenvalue weighted by Crippen LogP contribution is 2.29. The number of nitro benzene ring substituents is 1. The molecule has 2 atom stereocenters. The Morgan fingerprint density at radius 2 is 2.12 bits per heavy atom. The van der Waals surface area contributed by atoms with E-state index in [0.29, 0.717) is 17.0 Å². The fraction of sp³-hybridized carbons (Fsp3) is 0.500. The summed E-state index contributed by atoms with van der Waals surface area (Å²) < 4.78 is 0. The van der Waals surface area contributed by atoms with Crippen molar-refractivity contribution in [3.05, 3.63) is 38.9 Å². The zero-order valence-electron chi connectivity index (χ0n) is 10.2. The van der Waals surface area contributed by atoms with Crippen molar-refractivity contribution in [2.24, 2.45) is 5.92 Å². The highest BCUT2D eigenvalue weighted by Gasteiger charge is 2.20. The minimum Gasteiger partial charge on any atom is -0.317 e. The van der Waals surface area contributed by atoms with Crippen molar-refractivity contribution in [3.63, 3.8) is 0 Å². The average Bonchev–Trinajstić information content (AvgIpc) is 2.30. The molecule has 1 aromatic rings. The van der Waals surface area contributed by atoms with Gasteiger partial charge in [0.05, 0.1) is 9.95 Å². The van der Waals surface area contributed by atoms with E-state index in [9.17, 15) is 10.1 Å². The molecule has 0 fully saturated rings. The lowest BCUT2D eigenvalue weighted by atomic mass is 9.94. The molecule has 0 aromatic heterocycles. The Hall–Kier alpha value is -1.13. The summed E-state index contributed by atoms with van der Waals surface area (Å²) >= 11 is 6.04. The van der Waals surface area contributed by atoms with E-state index < -0.39 is 0 Å². The predicted molar refractivity (Wildman–Crippen MR) is 69.5 cm³/mol. The molecule has 0 heterocycles. The van der Waals surface area contributed by atoms with Crippen LogP contribution in [-0.2, 0) is 6.42 Å². The van der Waals surface area contributed by atoms with Gasteiger partial charge in [0.1, 0.15) is 0 Å². The lowest BCUT2D eigenvalue weighted by Crippen LogP contribution is -2.30. The molecule has 0 amide bonds. The first-order chi connectivity index (χ1) is 7.97. The first-order valence-electron chi connectivity index (χ1n) is 5.56. The summed E-state index contributed by atoms with van der Waals surface area (Å²) in [6.45, 7) is 4.10. The third kappa shape index (κ3) is 3.41. The van der Waals surface area contributed by atoms with Gasteiger partial charge < -0.3 is 5.32 Å². The summed E-state index contributed by atoms with van der Waals surface area (Å²) in [4.78, 5) is 10.5. The van der Waals surface area contributed by atoms with Crippen LogP contribution in [0.15, 0.2) is 18.2 Å². The summed E-state index contributed by atoms with van der Waals surface area (Å²) in [5.41, 5.74) is 0.724. The van der Waals surface area contributed by atoms with Crippen molar-refractivity contribution in [2.45, 2.75) is 26.3 Å². The van der Waals surface area contributed by atoms with Gasteiger partial charge in [0.25, 0.3) is 5.69 Å². The minimum absolute atomic E-state index is 0.104. The Kier molecular flexibility index (Phi) is 4.90. The maximum Gasteiger partial charge on any atom is 0.274 e. The Bertz CT molecular complexity index is 409. The first-order valence-corrected chi connectivity index (χ1v) is 5.94. The van der Waals surface area contributed by atoms with Crippen LogP contribution in [0.4, 0.5) is 5.69 Å². The van der Waals surface area contributed by atoms with Crippen LogP contribution in [0.5, 0.6) is 0 Å². The van der Waals surface area contributed by atoms with E-state index in [0.717, 1.165) is 0 Å². The van der Waals surface area contributed by atoms with Crippen LogP contribution in [0.3, 0.4) is 0 Å². The summed E-state index contributed by atoms with van der Waals surface area (Å²) in [5, 5.41) is 14.5. The predicted octanol–water partition coefficient (Wildman–Crippen LogP) is 3.03. The van der Waals surface area contributed by atoms with Crippen molar-refractivity contribution in [2.75, 3.05) is 7.05 Å². The molecule has 2 unspecified atom stereocenters. The highest BCUT2D eigenvalue weighted by atomic mass is 35.5. The lowest BCUT2D eigenvalue weighted by molar-refractivity contribution is -0.385. The smallest absolute Gasteiger partial charge is 0.274 e. The molecule has 4 nitrogen and oxygen atoms in total. The molecule has 1 aromatic carbocycles. The van der Waals surface area contributed by atoms with E-state index in [1.165, 1.54) is 6.07 Å². The zero-order valence-corrected chi connectivity index (χ0v) is 11.0. The normalized spacial score (nSPS) is 14.4. The van der Waals surface area contributed by atoms with E-state index in [4.69, 9.17) is 11.6 Å². The SMILES string of the molecule is CNC(C)C(C)Cc1c(Cl)cccc1[N+](=O)[O-]. The fourth-order valence-corrected chi connectivity index (χ4v) is 1.95. The average molecular weight is 257 g/mol. The van der Waals surface area contributed by atoms with Crippen LogP contribution in [0.1, 0.15) is 19.4 Å². The number of hydrogen-bond acceptors (Lipinski definition) is 3. The standard InChI is InChI=1S/C12H17ClN2O2/c1-8(9(2)14-3)7-10-11(13)5-4-6-12(10)15(16)17/h4-6,8-9,14H,7H2,1-3H3. The number of hydrogen-bond donors (Lipinski definition) is 1. The van der Waals surface area contributed by atoms with E-state index in [1.54, 1.807) is 12.1 Å². The van der Waals surface area contributed by atoms with Crippen LogP contribution >= 0.6 is 11.6 Å². The molecule has 94 valence electrons. The van der Waals surface area contributed by atoms with E-state index in [1.807, 2.05) is 20.9 Å². The molecule has 0 saturated heterocycles. The van der Waals surface area contributed by atoms with Gasteiger partial charge in [-0.25, -0.2) is 0 Å². The first kappa shape index (κ1) is 13.9. The van der Waals surface area contributed by atoms with Gasteiger partial charge in [-0.05, 0) is 32.4 Å². The molecule has 0 radical (unpaired) electrons. The van der Waals surface area contributed by atoms with Gasteiger partial charge in [0.2, 0.25) is 0 Å². The Labute approximate surface area is 106 Å². The van der Waals surface area contributed by atoms with E-state index >= 15 is 0 Å². The number of rotatable bonds is 5. The Balaban J connectivity index is 3.00. The largest absolute Gasteiger partial charge is 0.317 e. The maximum absolute atomic E-state index is 10.9. The molecule has 1 rings (SSSR count). The van der Waals surface area contributed by atoms with Crippen LogP contribution < -0.4 is 5.32 Å². The molecule has 0 aliphatic carbocycles. The summed E-state index contributed by atoms with van der Waals surface area (Å²) in [6, 6.07) is 5.08. The van der Waals surface area contributed by atoms with Gasteiger partial charge in [0, 0.05) is 17.7 Å². The fourth-order valence-electron chi connectivity index (χ4n) is 1.70. The highest BCUT2D eigenvalue weighted by molar-refractivity contribution is 6.31. The second-order valence-corrected chi connectivity index (χ2v) is 4.66. The zero-order chi connectivity index (χ0) is 13.0. The molecule has 17 heavy (non-hydrogen) atoms. The van der Waals surface area contributed by atoms with Crippen molar-refractivity contribution in [1.29, 1.82) is 0 Å². The van der Waals surface area contributed by atoms with E-state index in [2.05, 4.69) is 5.32 Å². The van der Waals surface area contributed by atoms with Gasteiger partial charge in [-0.1, -0.05) is 24.6 Å². The summed E-state index contributed by atoms with van der Waals surface area (Å²) in [7, 11) is 1.88. The molecular formula is C12H17ClN2O2. The third-order valence-electron chi connectivity index (χ3n) is 3.13. The Morgan fingerprint density at radius 1 is 1.47 bits per heavy atom. The van der Waals surface area contributed by atoms with Crippen molar-refractivity contribution in [3.8, 4) is 0 Å². The molecule has 1 N–H and O–H groups in total. The molecular weight excluding hydrogens is 240 g/mol. The van der Waals surface area contributed by atoms with E-state index in [-0.39, 0.29) is 22.6 Å². The van der Waals surface area contributed by atoms with Gasteiger partial charge >= 0.3 is 0 Å². The van der Waals surface area contributed by atoms with Crippen LogP contribution in [0, 0.1) is 16.0 Å².